The molecule has 0 fully saturated rings. The van der Waals surface area contributed by atoms with Crippen molar-refractivity contribution in [2.24, 2.45) is 5.10 Å². The van der Waals surface area contributed by atoms with E-state index in [1.54, 1.807) is 66.7 Å². The first kappa shape index (κ1) is 28.1. The molecule has 4 aromatic carbocycles. The van der Waals surface area contributed by atoms with E-state index in [9.17, 15) is 22.8 Å². The molecule has 0 bridgehead atoms. The molecule has 5 rings (SSSR count). The molecule has 42 heavy (non-hydrogen) atoms. The fourth-order valence-electron chi connectivity index (χ4n) is 4.18. The van der Waals surface area contributed by atoms with Gasteiger partial charge in [0.1, 0.15) is 0 Å². The van der Waals surface area contributed by atoms with E-state index in [4.69, 9.17) is 9.47 Å². The number of hydrogen-bond donors (Lipinski definition) is 1. The second kappa shape index (κ2) is 12.0. The Kier molecular flexibility index (Phi) is 8.00. The standard InChI is InChI=1S/C31H23F3N4O4/c1-41-26-16-8-10-21(28(26)42-19-27(39)36-23-12-3-2-4-13-23)18-35-38-29(20-9-7-11-22(17-20)31(32,33)34)37-25-15-6-5-14-24(25)30(38)40/h2-18H,19H2,1H3,(H,36,39). The largest absolute Gasteiger partial charge is 0.493 e. The summed E-state index contributed by atoms with van der Waals surface area (Å²) in [4.78, 5) is 30.5. The Morgan fingerprint density at radius 3 is 2.48 bits per heavy atom. The Morgan fingerprint density at radius 1 is 0.976 bits per heavy atom. The van der Waals surface area contributed by atoms with Crippen molar-refractivity contribution in [3.63, 3.8) is 0 Å². The number of ether oxygens (including phenoxy) is 2. The van der Waals surface area contributed by atoms with E-state index < -0.39 is 23.2 Å². The van der Waals surface area contributed by atoms with E-state index in [0.717, 1.165) is 16.8 Å². The Hall–Kier alpha value is -5.45. The van der Waals surface area contributed by atoms with Crippen molar-refractivity contribution >= 4 is 28.7 Å². The molecule has 0 aliphatic heterocycles. The van der Waals surface area contributed by atoms with Crippen molar-refractivity contribution in [2.75, 3.05) is 19.0 Å². The summed E-state index contributed by atoms with van der Waals surface area (Å²) in [6.07, 6.45) is -3.30. The molecule has 0 saturated carbocycles. The highest BCUT2D eigenvalue weighted by molar-refractivity contribution is 5.92. The molecule has 1 heterocycles. The van der Waals surface area contributed by atoms with Crippen LogP contribution >= 0.6 is 0 Å². The first-order valence-corrected chi connectivity index (χ1v) is 12.6. The SMILES string of the molecule is COc1cccc(C=Nn2c(-c3cccc(C(F)(F)F)c3)nc3ccccc3c2=O)c1OCC(=O)Nc1ccccc1. The van der Waals surface area contributed by atoms with E-state index in [1.807, 2.05) is 6.07 Å². The maximum Gasteiger partial charge on any atom is 0.416 e. The molecule has 8 nitrogen and oxygen atoms in total. The van der Waals surface area contributed by atoms with Crippen molar-refractivity contribution in [3.05, 3.63) is 119 Å². The van der Waals surface area contributed by atoms with Crippen LogP contribution in [0, 0.1) is 0 Å². The van der Waals surface area contributed by atoms with Crippen LogP contribution in [0.4, 0.5) is 18.9 Å². The Labute approximate surface area is 237 Å². The highest BCUT2D eigenvalue weighted by Gasteiger charge is 2.31. The Bertz CT molecular complexity index is 1840. The summed E-state index contributed by atoms with van der Waals surface area (Å²) < 4.78 is 52.6. The van der Waals surface area contributed by atoms with Crippen LogP contribution in [0.1, 0.15) is 11.1 Å². The van der Waals surface area contributed by atoms with Gasteiger partial charge in [0.05, 0.1) is 29.8 Å². The number of fused-ring (bicyclic) bond motifs is 1. The lowest BCUT2D eigenvalue weighted by atomic mass is 10.1. The highest BCUT2D eigenvalue weighted by Crippen LogP contribution is 2.32. The van der Waals surface area contributed by atoms with Gasteiger partial charge in [-0.15, -0.1) is 0 Å². The van der Waals surface area contributed by atoms with E-state index in [0.29, 0.717) is 22.5 Å². The van der Waals surface area contributed by atoms with Gasteiger partial charge in [0.2, 0.25) is 0 Å². The van der Waals surface area contributed by atoms with Crippen LogP contribution in [0.15, 0.2) is 107 Å². The van der Waals surface area contributed by atoms with Gasteiger partial charge in [0.15, 0.2) is 23.9 Å². The second-order valence-corrected chi connectivity index (χ2v) is 8.97. The number of anilines is 1. The fourth-order valence-corrected chi connectivity index (χ4v) is 4.18. The number of carbonyl (C=O) groups is 1. The van der Waals surface area contributed by atoms with Crippen LogP contribution in [0.5, 0.6) is 11.5 Å². The number of nitrogens with zero attached hydrogens (tertiary/aromatic N) is 3. The molecular formula is C31H23F3N4O4. The number of hydrogen-bond acceptors (Lipinski definition) is 6. The van der Waals surface area contributed by atoms with E-state index in [-0.39, 0.29) is 29.1 Å². The van der Waals surface area contributed by atoms with Crippen LogP contribution in [-0.2, 0) is 11.0 Å². The molecule has 0 aliphatic carbocycles. The number of halogens is 3. The molecule has 0 radical (unpaired) electrons. The average molecular weight is 573 g/mol. The van der Waals surface area contributed by atoms with Crippen LogP contribution in [-0.4, -0.2) is 35.5 Å². The second-order valence-electron chi connectivity index (χ2n) is 8.97. The van der Waals surface area contributed by atoms with Crippen LogP contribution in [0.2, 0.25) is 0 Å². The predicted molar refractivity (Wildman–Crippen MR) is 153 cm³/mol. The van der Waals surface area contributed by atoms with Crippen molar-refractivity contribution in [3.8, 4) is 22.9 Å². The van der Waals surface area contributed by atoms with Gasteiger partial charge in [-0.05, 0) is 48.5 Å². The third kappa shape index (κ3) is 6.15. The van der Waals surface area contributed by atoms with E-state index in [1.165, 1.54) is 25.5 Å². The highest BCUT2D eigenvalue weighted by atomic mass is 19.4. The lowest BCUT2D eigenvalue weighted by Crippen LogP contribution is -2.21. The number of aromatic nitrogens is 2. The predicted octanol–water partition coefficient (Wildman–Crippen LogP) is 5.99. The van der Waals surface area contributed by atoms with Gasteiger partial charge in [0.25, 0.3) is 11.5 Å². The summed E-state index contributed by atoms with van der Waals surface area (Å²) in [5.41, 5.74) is -0.192. The maximum absolute atomic E-state index is 13.5. The monoisotopic (exact) mass is 572 g/mol. The summed E-state index contributed by atoms with van der Waals surface area (Å²) in [6, 6.07) is 24.7. The Morgan fingerprint density at radius 2 is 1.71 bits per heavy atom. The van der Waals surface area contributed by atoms with Crippen molar-refractivity contribution in [2.45, 2.75) is 6.18 Å². The van der Waals surface area contributed by atoms with Crippen molar-refractivity contribution in [1.29, 1.82) is 0 Å². The van der Waals surface area contributed by atoms with Gasteiger partial charge < -0.3 is 14.8 Å². The van der Waals surface area contributed by atoms with Gasteiger partial charge in [0, 0.05) is 16.8 Å². The molecule has 212 valence electrons. The molecule has 5 aromatic rings. The number of carbonyl (C=O) groups excluding carboxylic acids is 1. The van der Waals surface area contributed by atoms with Gasteiger partial charge in [-0.1, -0.05) is 48.5 Å². The zero-order chi connectivity index (χ0) is 29.7. The van der Waals surface area contributed by atoms with Gasteiger partial charge >= 0.3 is 6.18 Å². The number of amides is 1. The normalized spacial score (nSPS) is 11.5. The van der Waals surface area contributed by atoms with Gasteiger partial charge in [-0.25, -0.2) is 4.98 Å². The summed E-state index contributed by atoms with van der Waals surface area (Å²) >= 11 is 0. The zero-order valence-corrected chi connectivity index (χ0v) is 22.1. The van der Waals surface area contributed by atoms with Gasteiger partial charge in [-0.3, -0.25) is 9.59 Å². The average Bonchev–Trinajstić information content (AvgIpc) is 2.99. The van der Waals surface area contributed by atoms with Gasteiger partial charge in [-0.2, -0.15) is 22.9 Å². The zero-order valence-electron chi connectivity index (χ0n) is 22.1. The number of methoxy groups -OCH3 is 1. The smallest absolute Gasteiger partial charge is 0.416 e. The number of benzene rings is 4. The van der Waals surface area contributed by atoms with Crippen molar-refractivity contribution < 1.29 is 27.4 Å². The van der Waals surface area contributed by atoms with Crippen LogP contribution in [0.25, 0.3) is 22.3 Å². The summed E-state index contributed by atoms with van der Waals surface area (Å²) in [6.45, 7) is -0.358. The first-order valence-electron chi connectivity index (χ1n) is 12.6. The van der Waals surface area contributed by atoms with Crippen LogP contribution in [0.3, 0.4) is 0 Å². The molecule has 1 aromatic heterocycles. The molecule has 0 saturated heterocycles. The lowest BCUT2D eigenvalue weighted by Gasteiger charge is -2.14. The molecule has 11 heteroatoms. The van der Waals surface area contributed by atoms with E-state index >= 15 is 0 Å². The number of rotatable bonds is 8. The topological polar surface area (TPSA) is 94.8 Å². The number of nitrogens with one attached hydrogen (secondary N) is 1. The quantitative estimate of drug-likeness (QED) is 0.231. The minimum atomic E-state index is -4.60. The third-order valence-electron chi connectivity index (χ3n) is 6.15. The summed E-state index contributed by atoms with van der Waals surface area (Å²) in [5.74, 6) is -0.0339. The molecule has 1 N–H and O–H groups in total. The number of para-hydroxylation sites is 3. The van der Waals surface area contributed by atoms with Crippen molar-refractivity contribution in [1.82, 2.24) is 9.66 Å². The Balaban J connectivity index is 1.54. The number of alkyl halides is 3. The minimum absolute atomic E-state index is 0.0459. The molecule has 0 aliphatic rings. The molecule has 1 amide bonds. The maximum atomic E-state index is 13.5. The summed E-state index contributed by atoms with van der Waals surface area (Å²) in [5, 5.41) is 7.27. The fraction of sp³-hybridized carbons (Fsp3) is 0.0968. The molecule has 0 atom stereocenters. The third-order valence-corrected chi connectivity index (χ3v) is 6.15. The first-order chi connectivity index (χ1) is 20.2. The molecule has 0 unspecified atom stereocenters. The van der Waals surface area contributed by atoms with Crippen LogP contribution < -0.4 is 20.3 Å². The molecule has 0 spiro atoms. The molecular weight excluding hydrogens is 549 g/mol. The minimum Gasteiger partial charge on any atom is -0.493 e. The van der Waals surface area contributed by atoms with E-state index in [2.05, 4.69) is 15.4 Å². The summed E-state index contributed by atoms with van der Waals surface area (Å²) in [7, 11) is 1.43. The lowest BCUT2D eigenvalue weighted by molar-refractivity contribution is -0.137.